The molecule has 2 N–H and O–H groups in total. The van der Waals surface area contributed by atoms with Gasteiger partial charge in [-0.15, -0.1) is 24.0 Å². The van der Waals surface area contributed by atoms with E-state index in [0.29, 0.717) is 13.1 Å². The van der Waals surface area contributed by atoms with Crippen LogP contribution in [0.15, 0.2) is 21.8 Å². The summed E-state index contributed by atoms with van der Waals surface area (Å²) >= 11 is 0. The van der Waals surface area contributed by atoms with E-state index in [9.17, 15) is 0 Å². The summed E-state index contributed by atoms with van der Waals surface area (Å²) in [6.07, 6.45) is 1.54. The molecule has 0 aliphatic heterocycles. The number of hydrogen-bond donors (Lipinski definition) is 2. The molecule has 1 rings (SSSR count). The largest absolute Gasteiger partial charge is 0.377 e. The maximum absolute atomic E-state index is 5.34. The second-order valence-electron chi connectivity index (χ2n) is 4.50. The molecule has 0 radical (unpaired) electrons. The molecule has 0 spiro atoms. The zero-order valence-electron chi connectivity index (χ0n) is 11.9. The Morgan fingerprint density at radius 1 is 1.47 bits per heavy atom. The van der Waals surface area contributed by atoms with Crippen LogP contribution in [0.1, 0.15) is 26.5 Å². The van der Waals surface area contributed by atoms with Crippen LogP contribution in [-0.4, -0.2) is 36.9 Å². The number of rotatable bonds is 6. The molecule has 0 unspecified atom stereocenters. The third-order valence-electron chi connectivity index (χ3n) is 2.47. The zero-order chi connectivity index (χ0) is 13.4. The molecule has 0 fully saturated rings. The highest BCUT2D eigenvalue weighted by Gasteiger charge is 2.16. The van der Waals surface area contributed by atoms with Gasteiger partial charge in [0.05, 0.1) is 12.1 Å². The number of nitrogens with one attached hydrogen (secondary N) is 2. The Bertz CT molecular complexity index is 366. The van der Waals surface area contributed by atoms with Crippen molar-refractivity contribution in [2.24, 2.45) is 4.99 Å². The van der Waals surface area contributed by atoms with Crippen molar-refractivity contribution in [3.8, 4) is 0 Å². The van der Waals surface area contributed by atoms with E-state index in [-0.39, 0.29) is 29.6 Å². The first-order chi connectivity index (χ1) is 8.57. The highest BCUT2D eigenvalue weighted by Crippen LogP contribution is 2.04. The molecule has 0 aliphatic rings. The molecule has 110 valence electrons. The SMILES string of the molecule is CCNC(=NCc1ccon1)NCC(C)(C)OC.I. The number of aliphatic imine (C=N–C) groups is 1. The van der Waals surface area contributed by atoms with E-state index >= 15 is 0 Å². The lowest BCUT2D eigenvalue weighted by Crippen LogP contribution is -2.45. The number of ether oxygens (including phenoxy) is 1. The minimum Gasteiger partial charge on any atom is -0.377 e. The van der Waals surface area contributed by atoms with Crippen molar-refractivity contribution >= 4 is 29.9 Å². The highest BCUT2D eigenvalue weighted by atomic mass is 127. The summed E-state index contributed by atoms with van der Waals surface area (Å²) < 4.78 is 10.1. The van der Waals surface area contributed by atoms with Crippen LogP contribution in [0, 0.1) is 0 Å². The molecular weight excluding hydrogens is 359 g/mol. The van der Waals surface area contributed by atoms with Gasteiger partial charge in [0, 0.05) is 26.3 Å². The predicted octanol–water partition coefficient (Wildman–Crippen LogP) is 1.77. The molecule has 1 aromatic rings. The van der Waals surface area contributed by atoms with Gasteiger partial charge in [-0.2, -0.15) is 0 Å². The van der Waals surface area contributed by atoms with Crippen molar-refractivity contribution in [3.63, 3.8) is 0 Å². The van der Waals surface area contributed by atoms with Crippen LogP contribution < -0.4 is 10.6 Å². The lowest BCUT2D eigenvalue weighted by molar-refractivity contribution is 0.0268. The molecule has 0 aliphatic carbocycles. The van der Waals surface area contributed by atoms with Crippen molar-refractivity contribution in [1.29, 1.82) is 0 Å². The van der Waals surface area contributed by atoms with Crippen molar-refractivity contribution in [2.45, 2.75) is 32.9 Å². The van der Waals surface area contributed by atoms with E-state index in [1.165, 1.54) is 0 Å². The first-order valence-electron chi connectivity index (χ1n) is 6.04. The Morgan fingerprint density at radius 3 is 2.74 bits per heavy atom. The van der Waals surface area contributed by atoms with Gasteiger partial charge in [-0.25, -0.2) is 4.99 Å². The molecule has 0 amide bonds. The van der Waals surface area contributed by atoms with Gasteiger partial charge < -0.3 is 19.9 Å². The van der Waals surface area contributed by atoms with Crippen LogP contribution in [0.3, 0.4) is 0 Å². The Hall–Kier alpha value is -0.830. The maximum Gasteiger partial charge on any atom is 0.191 e. The number of guanidine groups is 1. The van der Waals surface area contributed by atoms with E-state index in [1.54, 1.807) is 19.4 Å². The highest BCUT2D eigenvalue weighted by molar-refractivity contribution is 14.0. The maximum atomic E-state index is 5.34. The van der Waals surface area contributed by atoms with Gasteiger partial charge in [0.1, 0.15) is 12.0 Å². The second-order valence-corrected chi connectivity index (χ2v) is 4.50. The quantitative estimate of drug-likeness (QED) is 0.446. The molecule has 0 saturated carbocycles. The number of halogens is 1. The molecule has 0 aromatic carbocycles. The summed E-state index contributed by atoms with van der Waals surface area (Å²) in [6.45, 7) is 8.02. The van der Waals surface area contributed by atoms with E-state index in [0.717, 1.165) is 18.2 Å². The van der Waals surface area contributed by atoms with E-state index in [4.69, 9.17) is 9.26 Å². The molecular formula is C12H23IN4O2. The van der Waals surface area contributed by atoms with Gasteiger partial charge in [-0.1, -0.05) is 5.16 Å². The normalized spacial score (nSPS) is 11.9. The van der Waals surface area contributed by atoms with Crippen LogP contribution in [-0.2, 0) is 11.3 Å². The van der Waals surface area contributed by atoms with Gasteiger partial charge >= 0.3 is 0 Å². The van der Waals surface area contributed by atoms with Crippen LogP contribution in [0.25, 0.3) is 0 Å². The van der Waals surface area contributed by atoms with Crippen molar-refractivity contribution in [2.75, 3.05) is 20.2 Å². The fourth-order valence-electron chi connectivity index (χ4n) is 1.19. The minimum atomic E-state index is -0.232. The summed E-state index contributed by atoms with van der Waals surface area (Å²) in [4.78, 5) is 4.41. The predicted molar refractivity (Wildman–Crippen MR) is 85.8 cm³/mol. The average molecular weight is 382 g/mol. The lowest BCUT2D eigenvalue weighted by atomic mass is 10.1. The summed E-state index contributed by atoms with van der Waals surface area (Å²) in [5.74, 6) is 0.741. The molecule has 0 saturated heterocycles. The molecule has 19 heavy (non-hydrogen) atoms. The standard InChI is InChI=1S/C12H22N4O2.HI/c1-5-13-11(15-9-12(2,3)17-4)14-8-10-6-7-18-16-10;/h6-7H,5,8-9H2,1-4H3,(H2,13,14,15);1H. The first kappa shape index (κ1) is 18.2. The van der Waals surface area contributed by atoms with Crippen LogP contribution in [0.2, 0.25) is 0 Å². The molecule has 6 nitrogen and oxygen atoms in total. The van der Waals surface area contributed by atoms with E-state index < -0.39 is 0 Å². The summed E-state index contributed by atoms with van der Waals surface area (Å²) in [7, 11) is 1.70. The minimum absolute atomic E-state index is 0. The van der Waals surface area contributed by atoms with Crippen LogP contribution in [0.4, 0.5) is 0 Å². The molecule has 7 heteroatoms. The lowest BCUT2D eigenvalue weighted by Gasteiger charge is -2.24. The third kappa shape index (κ3) is 7.36. The van der Waals surface area contributed by atoms with Crippen molar-refractivity contribution in [3.05, 3.63) is 18.0 Å². The van der Waals surface area contributed by atoms with Gasteiger partial charge in [0.15, 0.2) is 5.96 Å². The topological polar surface area (TPSA) is 71.7 Å². The molecule has 0 atom stereocenters. The monoisotopic (exact) mass is 382 g/mol. The fourth-order valence-corrected chi connectivity index (χ4v) is 1.19. The van der Waals surface area contributed by atoms with Gasteiger partial charge in [0.25, 0.3) is 0 Å². The number of hydrogen-bond acceptors (Lipinski definition) is 4. The average Bonchev–Trinajstić information content (AvgIpc) is 2.86. The van der Waals surface area contributed by atoms with Gasteiger partial charge in [-0.05, 0) is 20.8 Å². The molecule has 1 aromatic heterocycles. The van der Waals surface area contributed by atoms with E-state index in [1.807, 2.05) is 20.8 Å². The number of nitrogens with zero attached hydrogens (tertiary/aromatic N) is 2. The van der Waals surface area contributed by atoms with Crippen molar-refractivity contribution < 1.29 is 9.26 Å². The Balaban J connectivity index is 0.00000324. The fraction of sp³-hybridized carbons (Fsp3) is 0.667. The first-order valence-corrected chi connectivity index (χ1v) is 6.04. The Morgan fingerprint density at radius 2 is 2.21 bits per heavy atom. The van der Waals surface area contributed by atoms with Crippen LogP contribution >= 0.6 is 24.0 Å². The summed E-state index contributed by atoms with van der Waals surface area (Å²) in [6, 6.07) is 1.80. The summed E-state index contributed by atoms with van der Waals surface area (Å²) in [5.41, 5.74) is 0.572. The van der Waals surface area contributed by atoms with Crippen molar-refractivity contribution in [1.82, 2.24) is 15.8 Å². The third-order valence-corrected chi connectivity index (χ3v) is 2.47. The number of methoxy groups -OCH3 is 1. The van der Waals surface area contributed by atoms with Gasteiger partial charge in [0.2, 0.25) is 0 Å². The summed E-state index contributed by atoms with van der Waals surface area (Å²) in [5, 5.41) is 10.2. The van der Waals surface area contributed by atoms with Crippen LogP contribution in [0.5, 0.6) is 0 Å². The second kappa shape index (κ2) is 9.13. The molecule has 0 bridgehead atoms. The van der Waals surface area contributed by atoms with E-state index in [2.05, 4.69) is 20.8 Å². The Labute approximate surface area is 131 Å². The smallest absolute Gasteiger partial charge is 0.191 e. The number of aromatic nitrogens is 1. The molecule has 1 heterocycles. The zero-order valence-corrected chi connectivity index (χ0v) is 14.2. The van der Waals surface area contributed by atoms with Gasteiger partial charge in [-0.3, -0.25) is 0 Å². The Kier molecular flexibility index (Phi) is 8.73.